The minimum absolute atomic E-state index is 0.127. The van der Waals surface area contributed by atoms with Crippen LogP contribution in [0.1, 0.15) is 79.6 Å². The van der Waals surface area contributed by atoms with Gasteiger partial charge in [-0.05, 0) is 36.5 Å². The smallest absolute Gasteiger partial charge is 0.306 e. The van der Waals surface area contributed by atoms with E-state index in [0.29, 0.717) is 12.3 Å². The standard InChI is InChI=1S/C18H34O4/c1-6-8-14(7-2)10-15(17(21)22)9-13(3)11-18(4,5)12-16(19)20/h13-15H,6-12H2,1-5H3,(H,19,20)(H,21,22). The van der Waals surface area contributed by atoms with Gasteiger partial charge in [-0.1, -0.05) is 53.9 Å². The van der Waals surface area contributed by atoms with Crippen molar-refractivity contribution >= 4 is 11.9 Å². The molecule has 0 rings (SSSR count). The zero-order chi connectivity index (χ0) is 17.3. The van der Waals surface area contributed by atoms with Crippen LogP contribution in [0.15, 0.2) is 0 Å². The first-order valence-corrected chi connectivity index (χ1v) is 8.55. The molecule has 4 nitrogen and oxygen atoms in total. The van der Waals surface area contributed by atoms with E-state index in [1.54, 1.807) is 0 Å². The summed E-state index contributed by atoms with van der Waals surface area (Å²) in [6, 6.07) is 0. The Labute approximate surface area is 135 Å². The molecule has 0 aromatic rings. The first-order valence-electron chi connectivity index (χ1n) is 8.55. The highest BCUT2D eigenvalue weighted by Gasteiger charge is 2.28. The number of carboxylic acid groups (broad SMARTS) is 2. The molecule has 0 aliphatic rings. The molecule has 130 valence electrons. The summed E-state index contributed by atoms with van der Waals surface area (Å²) in [5.41, 5.74) is -0.290. The Morgan fingerprint density at radius 2 is 1.68 bits per heavy atom. The van der Waals surface area contributed by atoms with Crippen LogP contribution in [0.4, 0.5) is 0 Å². The summed E-state index contributed by atoms with van der Waals surface area (Å²) in [6.07, 6.45) is 5.44. The second-order valence-electron chi connectivity index (χ2n) is 7.61. The van der Waals surface area contributed by atoms with Gasteiger partial charge in [-0.15, -0.1) is 0 Å². The summed E-state index contributed by atoms with van der Waals surface area (Å²) in [5.74, 6) is -1.12. The fraction of sp³-hybridized carbons (Fsp3) is 0.889. The van der Waals surface area contributed by atoms with Gasteiger partial charge in [0.15, 0.2) is 0 Å². The molecule has 0 saturated heterocycles. The second kappa shape index (κ2) is 9.86. The Morgan fingerprint density at radius 3 is 2.09 bits per heavy atom. The summed E-state index contributed by atoms with van der Waals surface area (Å²) in [4.78, 5) is 22.4. The average Bonchev–Trinajstić information content (AvgIpc) is 2.34. The van der Waals surface area contributed by atoms with E-state index in [9.17, 15) is 14.7 Å². The highest BCUT2D eigenvalue weighted by molar-refractivity contribution is 5.70. The Morgan fingerprint density at radius 1 is 1.09 bits per heavy atom. The largest absolute Gasteiger partial charge is 0.481 e. The van der Waals surface area contributed by atoms with Crippen molar-refractivity contribution in [3.8, 4) is 0 Å². The first kappa shape index (κ1) is 20.9. The maximum atomic E-state index is 11.5. The molecule has 0 aliphatic carbocycles. The van der Waals surface area contributed by atoms with Crippen LogP contribution in [0.2, 0.25) is 0 Å². The molecule has 0 radical (unpaired) electrons. The molecule has 0 spiro atoms. The van der Waals surface area contributed by atoms with E-state index >= 15 is 0 Å². The molecule has 0 amide bonds. The Kier molecular flexibility index (Phi) is 9.38. The van der Waals surface area contributed by atoms with Crippen molar-refractivity contribution in [1.29, 1.82) is 0 Å². The van der Waals surface area contributed by atoms with Crippen molar-refractivity contribution in [2.24, 2.45) is 23.2 Å². The Balaban J connectivity index is 4.61. The van der Waals surface area contributed by atoms with E-state index in [0.717, 1.165) is 32.1 Å². The van der Waals surface area contributed by atoms with Crippen LogP contribution in [0.3, 0.4) is 0 Å². The van der Waals surface area contributed by atoms with E-state index < -0.39 is 11.9 Å². The highest BCUT2D eigenvalue weighted by atomic mass is 16.4. The topological polar surface area (TPSA) is 74.6 Å². The molecule has 0 fully saturated rings. The summed E-state index contributed by atoms with van der Waals surface area (Å²) >= 11 is 0. The van der Waals surface area contributed by atoms with Crippen LogP contribution < -0.4 is 0 Å². The third-order valence-electron chi connectivity index (χ3n) is 4.46. The number of carbonyl (C=O) groups is 2. The van der Waals surface area contributed by atoms with Crippen LogP contribution in [-0.4, -0.2) is 22.2 Å². The van der Waals surface area contributed by atoms with Crippen molar-refractivity contribution in [1.82, 2.24) is 0 Å². The lowest BCUT2D eigenvalue weighted by molar-refractivity contribution is -0.144. The normalized spacial score (nSPS) is 16.0. The van der Waals surface area contributed by atoms with E-state index in [-0.39, 0.29) is 23.7 Å². The second-order valence-corrected chi connectivity index (χ2v) is 7.61. The van der Waals surface area contributed by atoms with E-state index in [4.69, 9.17) is 5.11 Å². The monoisotopic (exact) mass is 314 g/mol. The number of hydrogen-bond acceptors (Lipinski definition) is 2. The van der Waals surface area contributed by atoms with Crippen LogP contribution >= 0.6 is 0 Å². The average molecular weight is 314 g/mol. The van der Waals surface area contributed by atoms with Crippen molar-refractivity contribution in [3.05, 3.63) is 0 Å². The fourth-order valence-corrected chi connectivity index (χ4v) is 3.59. The fourth-order valence-electron chi connectivity index (χ4n) is 3.59. The van der Waals surface area contributed by atoms with Crippen molar-refractivity contribution in [2.45, 2.75) is 79.6 Å². The molecule has 0 aliphatic heterocycles. The first-order chi connectivity index (χ1) is 10.1. The lowest BCUT2D eigenvalue weighted by atomic mass is 9.76. The number of carboxylic acids is 2. The van der Waals surface area contributed by atoms with Crippen LogP contribution in [-0.2, 0) is 9.59 Å². The number of rotatable bonds is 12. The third-order valence-corrected chi connectivity index (χ3v) is 4.46. The van der Waals surface area contributed by atoms with Gasteiger partial charge in [0, 0.05) is 0 Å². The van der Waals surface area contributed by atoms with Gasteiger partial charge in [-0.3, -0.25) is 9.59 Å². The van der Waals surface area contributed by atoms with Gasteiger partial charge in [0.05, 0.1) is 12.3 Å². The van der Waals surface area contributed by atoms with Gasteiger partial charge in [0.1, 0.15) is 0 Å². The van der Waals surface area contributed by atoms with Gasteiger partial charge < -0.3 is 10.2 Å². The molecule has 3 atom stereocenters. The SMILES string of the molecule is CCCC(CC)CC(CC(C)CC(C)(C)CC(=O)O)C(=O)O. The van der Waals surface area contributed by atoms with Crippen LogP contribution in [0, 0.1) is 23.2 Å². The zero-order valence-corrected chi connectivity index (χ0v) is 14.9. The van der Waals surface area contributed by atoms with Crippen molar-refractivity contribution < 1.29 is 19.8 Å². The summed E-state index contributed by atoms with van der Waals surface area (Å²) < 4.78 is 0. The summed E-state index contributed by atoms with van der Waals surface area (Å²) in [7, 11) is 0. The van der Waals surface area contributed by atoms with Gasteiger partial charge in [-0.25, -0.2) is 0 Å². The van der Waals surface area contributed by atoms with Gasteiger partial charge in [0.2, 0.25) is 0 Å². The molecule has 0 aromatic heterocycles. The summed E-state index contributed by atoms with van der Waals surface area (Å²) in [6.45, 7) is 10.2. The minimum atomic E-state index is -0.791. The predicted octanol–water partition coefficient (Wildman–Crippen LogP) is 4.82. The lowest BCUT2D eigenvalue weighted by Crippen LogP contribution is -2.24. The maximum absolute atomic E-state index is 11.5. The molecule has 2 N–H and O–H groups in total. The van der Waals surface area contributed by atoms with Crippen molar-refractivity contribution in [3.63, 3.8) is 0 Å². The predicted molar refractivity (Wildman–Crippen MR) is 88.9 cm³/mol. The third kappa shape index (κ3) is 9.06. The Bertz CT molecular complexity index is 349. The lowest BCUT2D eigenvalue weighted by Gasteiger charge is -2.28. The zero-order valence-electron chi connectivity index (χ0n) is 14.9. The van der Waals surface area contributed by atoms with Crippen LogP contribution in [0.25, 0.3) is 0 Å². The maximum Gasteiger partial charge on any atom is 0.306 e. The molecule has 3 unspecified atom stereocenters. The van der Waals surface area contributed by atoms with Gasteiger partial charge in [-0.2, -0.15) is 0 Å². The molecule has 0 heterocycles. The quantitative estimate of drug-likeness (QED) is 0.541. The highest BCUT2D eigenvalue weighted by Crippen LogP contribution is 2.34. The van der Waals surface area contributed by atoms with Gasteiger partial charge >= 0.3 is 11.9 Å². The molecule has 0 bridgehead atoms. The molecule has 4 heteroatoms. The molecular formula is C18H34O4. The molecule has 22 heavy (non-hydrogen) atoms. The molecule has 0 saturated carbocycles. The Hall–Kier alpha value is -1.06. The minimum Gasteiger partial charge on any atom is -0.481 e. The van der Waals surface area contributed by atoms with Gasteiger partial charge in [0.25, 0.3) is 0 Å². The molecule has 0 aromatic carbocycles. The molecular weight excluding hydrogens is 280 g/mol. The van der Waals surface area contributed by atoms with Crippen molar-refractivity contribution in [2.75, 3.05) is 0 Å². The van der Waals surface area contributed by atoms with E-state index in [1.165, 1.54) is 0 Å². The van der Waals surface area contributed by atoms with E-state index in [1.807, 2.05) is 20.8 Å². The summed E-state index contributed by atoms with van der Waals surface area (Å²) in [5, 5.41) is 18.4. The van der Waals surface area contributed by atoms with E-state index in [2.05, 4.69) is 13.8 Å². The van der Waals surface area contributed by atoms with Crippen LogP contribution in [0.5, 0.6) is 0 Å². The number of aliphatic carboxylic acids is 2. The number of hydrogen-bond donors (Lipinski definition) is 2.